The summed E-state index contributed by atoms with van der Waals surface area (Å²) in [5, 5.41) is 28.6. The molecule has 0 fully saturated rings. The largest absolute Gasteiger partial charge is 0.508 e. The van der Waals surface area contributed by atoms with Gasteiger partial charge in [-0.15, -0.1) is 0 Å². The summed E-state index contributed by atoms with van der Waals surface area (Å²) in [7, 11) is 0. The summed E-state index contributed by atoms with van der Waals surface area (Å²) in [6, 6.07) is 9.80. The zero-order valence-corrected chi connectivity index (χ0v) is 10.2. The Kier molecular flexibility index (Phi) is 2.61. The third-order valence-corrected chi connectivity index (χ3v) is 2.93. The van der Waals surface area contributed by atoms with Gasteiger partial charge in [-0.2, -0.15) is 0 Å². The molecule has 3 rings (SSSR count). The number of aromatic hydroxyl groups is 3. The maximum absolute atomic E-state index is 12.0. The number of phenols is 3. The standard InChI is InChI=1S/C15H10O5/c16-9-3-1-2-8(4-9)13-7-12(19)15-11(18)5-10(17)6-14(15)20-13/h1-7,16-18H. The fourth-order valence-corrected chi connectivity index (χ4v) is 2.06. The Bertz CT molecular complexity index is 864. The molecule has 3 aromatic rings. The van der Waals surface area contributed by atoms with Crippen molar-refractivity contribution in [2.45, 2.75) is 0 Å². The van der Waals surface area contributed by atoms with E-state index in [-0.39, 0.29) is 34.0 Å². The van der Waals surface area contributed by atoms with Gasteiger partial charge in [0.25, 0.3) is 0 Å². The third-order valence-electron chi connectivity index (χ3n) is 2.93. The molecular formula is C15H10O5. The minimum atomic E-state index is -0.429. The van der Waals surface area contributed by atoms with E-state index < -0.39 is 5.43 Å². The van der Waals surface area contributed by atoms with Gasteiger partial charge in [-0.05, 0) is 12.1 Å². The molecule has 2 aromatic carbocycles. The van der Waals surface area contributed by atoms with E-state index in [9.17, 15) is 20.1 Å². The smallest absolute Gasteiger partial charge is 0.197 e. The van der Waals surface area contributed by atoms with Gasteiger partial charge in [0, 0.05) is 23.8 Å². The zero-order chi connectivity index (χ0) is 14.3. The molecule has 0 saturated carbocycles. The van der Waals surface area contributed by atoms with Crippen LogP contribution in [0.1, 0.15) is 0 Å². The van der Waals surface area contributed by atoms with Crippen LogP contribution in [0.5, 0.6) is 17.2 Å². The van der Waals surface area contributed by atoms with Crippen LogP contribution in [-0.2, 0) is 0 Å². The van der Waals surface area contributed by atoms with Gasteiger partial charge in [0.05, 0.1) is 0 Å². The first kappa shape index (κ1) is 12.1. The van der Waals surface area contributed by atoms with Crippen molar-refractivity contribution >= 4 is 11.0 Å². The molecule has 0 spiro atoms. The van der Waals surface area contributed by atoms with Crippen LogP contribution in [0, 0.1) is 0 Å². The second-order valence-corrected chi connectivity index (χ2v) is 4.36. The van der Waals surface area contributed by atoms with E-state index in [2.05, 4.69) is 0 Å². The maximum Gasteiger partial charge on any atom is 0.197 e. The summed E-state index contributed by atoms with van der Waals surface area (Å²) >= 11 is 0. The molecule has 0 atom stereocenters. The van der Waals surface area contributed by atoms with Crippen molar-refractivity contribution < 1.29 is 19.7 Å². The molecule has 0 amide bonds. The number of rotatable bonds is 1. The Labute approximate surface area is 113 Å². The molecule has 0 aliphatic heterocycles. The highest BCUT2D eigenvalue weighted by atomic mass is 16.3. The van der Waals surface area contributed by atoms with Crippen molar-refractivity contribution in [3.8, 4) is 28.6 Å². The second kappa shape index (κ2) is 4.31. The lowest BCUT2D eigenvalue weighted by molar-refractivity contribution is 0.452. The van der Waals surface area contributed by atoms with Gasteiger partial charge in [-0.25, -0.2) is 0 Å². The Morgan fingerprint density at radius 2 is 1.70 bits per heavy atom. The lowest BCUT2D eigenvalue weighted by atomic mass is 10.1. The minimum Gasteiger partial charge on any atom is -0.508 e. The maximum atomic E-state index is 12.0. The molecule has 0 bridgehead atoms. The summed E-state index contributed by atoms with van der Waals surface area (Å²) in [4.78, 5) is 12.0. The van der Waals surface area contributed by atoms with Crippen LogP contribution in [0.2, 0.25) is 0 Å². The van der Waals surface area contributed by atoms with Gasteiger partial charge >= 0.3 is 0 Å². The first-order chi connectivity index (χ1) is 9.54. The van der Waals surface area contributed by atoms with E-state index >= 15 is 0 Å². The lowest BCUT2D eigenvalue weighted by Crippen LogP contribution is -2.00. The molecular weight excluding hydrogens is 260 g/mol. The Morgan fingerprint density at radius 1 is 0.900 bits per heavy atom. The Balaban J connectivity index is 2.32. The van der Waals surface area contributed by atoms with Gasteiger partial charge in [0.2, 0.25) is 0 Å². The number of hydrogen-bond donors (Lipinski definition) is 3. The van der Waals surface area contributed by atoms with Crippen LogP contribution in [-0.4, -0.2) is 15.3 Å². The van der Waals surface area contributed by atoms with E-state index in [1.54, 1.807) is 12.1 Å². The molecule has 5 nitrogen and oxygen atoms in total. The van der Waals surface area contributed by atoms with Crippen LogP contribution >= 0.6 is 0 Å². The number of phenolic OH excluding ortho intramolecular Hbond substituents is 3. The van der Waals surface area contributed by atoms with Crippen molar-refractivity contribution in [2.75, 3.05) is 0 Å². The molecule has 0 radical (unpaired) electrons. The molecule has 0 aliphatic rings. The first-order valence-corrected chi connectivity index (χ1v) is 5.84. The highest BCUT2D eigenvalue weighted by Gasteiger charge is 2.12. The van der Waals surface area contributed by atoms with Gasteiger partial charge in [-0.3, -0.25) is 4.79 Å². The van der Waals surface area contributed by atoms with Crippen molar-refractivity contribution in [1.82, 2.24) is 0 Å². The summed E-state index contributed by atoms with van der Waals surface area (Å²) in [6.07, 6.45) is 0. The molecule has 1 aromatic heterocycles. The van der Waals surface area contributed by atoms with Gasteiger partial charge in [-0.1, -0.05) is 12.1 Å². The van der Waals surface area contributed by atoms with Crippen molar-refractivity contribution in [3.05, 3.63) is 52.7 Å². The third kappa shape index (κ3) is 1.95. The van der Waals surface area contributed by atoms with E-state index in [0.29, 0.717) is 5.56 Å². The van der Waals surface area contributed by atoms with Crippen molar-refractivity contribution in [1.29, 1.82) is 0 Å². The van der Waals surface area contributed by atoms with E-state index in [1.165, 1.54) is 24.3 Å². The predicted octanol–water partition coefficient (Wildman–Crippen LogP) is 2.58. The van der Waals surface area contributed by atoms with Crippen LogP contribution < -0.4 is 5.43 Å². The molecule has 0 saturated heterocycles. The topological polar surface area (TPSA) is 90.9 Å². The van der Waals surface area contributed by atoms with Crippen LogP contribution in [0.25, 0.3) is 22.3 Å². The molecule has 0 aliphatic carbocycles. The number of benzene rings is 2. The molecule has 1 heterocycles. The average Bonchev–Trinajstić information content (AvgIpc) is 2.37. The SMILES string of the molecule is O=c1cc(-c2cccc(O)c2)oc2cc(O)cc(O)c12. The monoisotopic (exact) mass is 270 g/mol. The molecule has 100 valence electrons. The highest BCUT2D eigenvalue weighted by molar-refractivity contribution is 5.86. The second-order valence-electron chi connectivity index (χ2n) is 4.36. The minimum absolute atomic E-state index is 0.00621. The van der Waals surface area contributed by atoms with Gasteiger partial charge in [0.1, 0.15) is 34.0 Å². The number of hydrogen-bond acceptors (Lipinski definition) is 5. The highest BCUT2D eigenvalue weighted by Crippen LogP contribution is 2.31. The summed E-state index contributed by atoms with van der Waals surface area (Å²) < 4.78 is 5.51. The van der Waals surface area contributed by atoms with E-state index in [4.69, 9.17) is 4.42 Å². The fourth-order valence-electron chi connectivity index (χ4n) is 2.06. The zero-order valence-electron chi connectivity index (χ0n) is 10.2. The molecule has 0 unspecified atom stereocenters. The van der Waals surface area contributed by atoms with Crippen molar-refractivity contribution in [3.63, 3.8) is 0 Å². The van der Waals surface area contributed by atoms with Crippen LogP contribution in [0.15, 0.2) is 51.7 Å². The molecule has 20 heavy (non-hydrogen) atoms. The fraction of sp³-hybridized carbons (Fsp3) is 0. The summed E-state index contributed by atoms with van der Waals surface area (Å²) in [5.41, 5.74) is 0.169. The van der Waals surface area contributed by atoms with E-state index in [0.717, 1.165) is 6.07 Å². The molecule has 5 heteroatoms. The van der Waals surface area contributed by atoms with Crippen LogP contribution in [0.4, 0.5) is 0 Å². The Morgan fingerprint density at radius 3 is 2.45 bits per heavy atom. The quantitative estimate of drug-likeness (QED) is 0.632. The van der Waals surface area contributed by atoms with E-state index in [1.807, 2.05) is 0 Å². The summed E-state index contributed by atoms with van der Waals surface area (Å²) in [5.74, 6) is -0.255. The summed E-state index contributed by atoms with van der Waals surface area (Å²) in [6.45, 7) is 0. The Hall–Kier alpha value is -2.95. The lowest BCUT2D eigenvalue weighted by Gasteiger charge is -2.05. The van der Waals surface area contributed by atoms with Gasteiger partial charge < -0.3 is 19.7 Å². The van der Waals surface area contributed by atoms with Gasteiger partial charge in [0.15, 0.2) is 5.43 Å². The normalized spacial score (nSPS) is 10.8. The predicted molar refractivity (Wildman–Crippen MR) is 72.9 cm³/mol. The average molecular weight is 270 g/mol. The van der Waals surface area contributed by atoms with Crippen molar-refractivity contribution in [2.24, 2.45) is 0 Å². The first-order valence-electron chi connectivity index (χ1n) is 5.84. The molecule has 3 N–H and O–H groups in total. The number of fused-ring (bicyclic) bond motifs is 1. The van der Waals surface area contributed by atoms with Crippen LogP contribution in [0.3, 0.4) is 0 Å².